The average molecular weight is 250 g/mol. The molecule has 1 aliphatic rings. The molecular formula is C12H11FN2OS. The largest absolute Gasteiger partial charge is 0.353 e. The third kappa shape index (κ3) is 3.46. The first-order chi connectivity index (χ1) is 8.19. The monoisotopic (exact) mass is 250 g/mol. The standard InChI is InChI=1S/C12H11FN2OS/c13-10-5-8(6-14)1-4-11(10)17-7-12(16)15-9-2-3-9/h1,4-5,9H,2-3,7H2,(H,15,16). The molecule has 17 heavy (non-hydrogen) atoms. The predicted octanol–water partition coefficient (Wildman–Crippen LogP) is 2.07. The summed E-state index contributed by atoms with van der Waals surface area (Å²) in [5.41, 5.74) is 0.286. The highest BCUT2D eigenvalue weighted by molar-refractivity contribution is 8.00. The Bertz CT molecular complexity index is 480. The van der Waals surface area contributed by atoms with Crippen LogP contribution in [0.4, 0.5) is 4.39 Å². The first-order valence-corrected chi connectivity index (χ1v) is 6.29. The van der Waals surface area contributed by atoms with Crippen molar-refractivity contribution in [2.45, 2.75) is 23.8 Å². The Labute approximate surface area is 103 Å². The molecule has 0 heterocycles. The second kappa shape index (κ2) is 5.19. The van der Waals surface area contributed by atoms with Gasteiger partial charge in [-0.15, -0.1) is 11.8 Å². The third-order valence-electron chi connectivity index (χ3n) is 2.36. The maximum atomic E-state index is 13.5. The van der Waals surface area contributed by atoms with Gasteiger partial charge in [0.05, 0.1) is 17.4 Å². The number of thioether (sulfide) groups is 1. The van der Waals surface area contributed by atoms with Gasteiger partial charge in [-0.2, -0.15) is 5.26 Å². The number of hydrogen-bond donors (Lipinski definition) is 1. The van der Waals surface area contributed by atoms with E-state index in [0.29, 0.717) is 10.9 Å². The topological polar surface area (TPSA) is 52.9 Å². The molecule has 5 heteroatoms. The van der Waals surface area contributed by atoms with E-state index in [1.165, 1.54) is 12.1 Å². The SMILES string of the molecule is N#Cc1ccc(SCC(=O)NC2CC2)c(F)c1. The van der Waals surface area contributed by atoms with Crippen molar-refractivity contribution in [2.24, 2.45) is 0 Å². The number of hydrogen-bond acceptors (Lipinski definition) is 3. The number of nitrogens with one attached hydrogen (secondary N) is 1. The van der Waals surface area contributed by atoms with Crippen molar-refractivity contribution in [2.75, 3.05) is 5.75 Å². The van der Waals surface area contributed by atoms with Crippen LogP contribution in [0.15, 0.2) is 23.1 Å². The van der Waals surface area contributed by atoms with Gasteiger partial charge < -0.3 is 5.32 Å². The van der Waals surface area contributed by atoms with Gasteiger partial charge in [0.2, 0.25) is 5.91 Å². The van der Waals surface area contributed by atoms with Crippen molar-refractivity contribution < 1.29 is 9.18 Å². The van der Waals surface area contributed by atoms with Gasteiger partial charge in [0, 0.05) is 10.9 Å². The van der Waals surface area contributed by atoms with E-state index in [9.17, 15) is 9.18 Å². The molecule has 0 aliphatic heterocycles. The van der Waals surface area contributed by atoms with Crippen LogP contribution in [-0.4, -0.2) is 17.7 Å². The highest BCUT2D eigenvalue weighted by Crippen LogP contribution is 2.23. The molecule has 1 saturated carbocycles. The number of benzene rings is 1. The number of nitriles is 1. The molecule has 88 valence electrons. The Balaban J connectivity index is 1.89. The van der Waals surface area contributed by atoms with E-state index >= 15 is 0 Å². The van der Waals surface area contributed by atoms with Crippen LogP contribution in [0.25, 0.3) is 0 Å². The fourth-order valence-corrected chi connectivity index (χ4v) is 2.06. The zero-order valence-corrected chi connectivity index (χ0v) is 9.89. The van der Waals surface area contributed by atoms with Crippen LogP contribution in [0.2, 0.25) is 0 Å². The maximum Gasteiger partial charge on any atom is 0.230 e. The third-order valence-corrected chi connectivity index (χ3v) is 3.41. The van der Waals surface area contributed by atoms with Gasteiger partial charge in [-0.3, -0.25) is 4.79 Å². The fraction of sp³-hybridized carbons (Fsp3) is 0.333. The van der Waals surface area contributed by atoms with Gasteiger partial charge in [-0.25, -0.2) is 4.39 Å². The smallest absolute Gasteiger partial charge is 0.230 e. The molecule has 0 spiro atoms. The minimum absolute atomic E-state index is 0.0683. The fourth-order valence-electron chi connectivity index (χ4n) is 1.33. The van der Waals surface area contributed by atoms with Crippen LogP contribution in [0, 0.1) is 17.1 Å². The van der Waals surface area contributed by atoms with Gasteiger partial charge in [-0.05, 0) is 31.0 Å². The summed E-state index contributed by atoms with van der Waals surface area (Å²) in [7, 11) is 0. The van der Waals surface area contributed by atoms with Crippen LogP contribution in [0.3, 0.4) is 0 Å². The first kappa shape index (κ1) is 11.9. The number of carbonyl (C=O) groups excluding carboxylic acids is 1. The molecule has 1 N–H and O–H groups in total. The molecule has 0 radical (unpaired) electrons. The second-order valence-electron chi connectivity index (χ2n) is 3.89. The lowest BCUT2D eigenvalue weighted by atomic mass is 10.2. The molecule has 2 rings (SSSR count). The van der Waals surface area contributed by atoms with E-state index < -0.39 is 5.82 Å². The van der Waals surface area contributed by atoms with Crippen LogP contribution < -0.4 is 5.32 Å². The molecule has 0 unspecified atom stereocenters. The minimum Gasteiger partial charge on any atom is -0.353 e. The molecule has 1 amide bonds. The van der Waals surface area contributed by atoms with E-state index in [0.717, 1.165) is 24.6 Å². The van der Waals surface area contributed by atoms with Crippen molar-refractivity contribution in [3.8, 4) is 6.07 Å². The molecule has 1 aromatic carbocycles. The van der Waals surface area contributed by atoms with Crippen LogP contribution in [0.1, 0.15) is 18.4 Å². The summed E-state index contributed by atoms with van der Waals surface area (Å²) < 4.78 is 13.5. The maximum absolute atomic E-state index is 13.5. The van der Waals surface area contributed by atoms with Gasteiger partial charge in [0.25, 0.3) is 0 Å². The summed E-state index contributed by atoms with van der Waals surface area (Å²) in [6.45, 7) is 0. The Morgan fingerprint density at radius 1 is 1.59 bits per heavy atom. The Hall–Kier alpha value is -1.54. The molecular weight excluding hydrogens is 239 g/mol. The first-order valence-electron chi connectivity index (χ1n) is 5.31. The molecule has 1 fully saturated rings. The van der Waals surface area contributed by atoms with E-state index in [4.69, 9.17) is 5.26 Å². The van der Waals surface area contributed by atoms with Gasteiger partial charge >= 0.3 is 0 Å². The number of amides is 1. The zero-order chi connectivity index (χ0) is 12.3. The summed E-state index contributed by atoms with van der Waals surface area (Å²) >= 11 is 1.15. The van der Waals surface area contributed by atoms with E-state index in [1.54, 1.807) is 6.07 Å². The molecule has 0 bridgehead atoms. The quantitative estimate of drug-likeness (QED) is 0.832. The summed E-state index contributed by atoms with van der Waals surface area (Å²) in [6.07, 6.45) is 2.09. The predicted molar refractivity (Wildman–Crippen MR) is 63.0 cm³/mol. The van der Waals surface area contributed by atoms with E-state index in [2.05, 4.69) is 5.32 Å². The van der Waals surface area contributed by atoms with Crippen molar-refractivity contribution >= 4 is 17.7 Å². The van der Waals surface area contributed by atoms with Gasteiger partial charge in [0.15, 0.2) is 0 Å². The van der Waals surface area contributed by atoms with Crippen LogP contribution in [0.5, 0.6) is 0 Å². The molecule has 1 aromatic rings. The minimum atomic E-state index is -0.451. The number of rotatable bonds is 4. The normalized spacial score (nSPS) is 14.1. The van der Waals surface area contributed by atoms with Crippen molar-refractivity contribution in [3.05, 3.63) is 29.6 Å². The molecule has 1 aliphatic carbocycles. The Morgan fingerprint density at radius 3 is 2.94 bits per heavy atom. The molecule has 0 saturated heterocycles. The van der Waals surface area contributed by atoms with Crippen LogP contribution >= 0.6 is 11.8 Å². The van der Waals surface area contributed by atoms with Gasteiger partial charge in [-0.1, -0.05) is 0 Å². The van der Waals surface area contributed by atoms with Crippen molar-refractivity contribution in [3.63, 3.8) is 0 Å². The lowest BCUT2D eigenvalue weighted by molar-refractivity contribution is -0.118. The number of carbonyl (C=O) groups is 1. The van der Waals surface area contributed by atoms with E-state index in [-0.39, 0.29) is 17.2 Å². The van der Waals surface area contributed by atoms with E-state index in [1.807, 2.05) is 6.07 Å². The lowest BCUT2D eigenvalue weighted by Gasteiger charge is -2.04. The number of nitrogens with zero attached hydrogens (tertiary/aromatic N) is 1. The summed E-state index contributed by atoms with van der Waals surface area (Å²) in [6, 6.07) is 6.45. The second-order valence-corrected chi connectivity index (χ2v) is 4.90. The average Bonchev–Trinajstić information content (AvgIpc) is 3.11. The molecule has 0 atom stereocenters. The highest BCUT2D eigenvalue weighted by atomic mass is 32.2. The summed E-state index contributed by atoms with van der Waals surface area (Å²) in [5, 5.41) is 11.4. The van der Waals surface area contributed by atoms with Gasteiger partial charge in [0.1, 0.15) is 5.82 Å². The summed E-state index contributed by atoms with van der Waals surface area (Å²) in [5.74, 6) is -0.311. The van der Waals surface area contributed by atoms with Crippen molar-refractivity contribution in [1.82, 2.24) is 5.32 Å². The number of halogens is 1. The molecule has 3 nitrogen and oxygen atoms in total. The van der Waals surface area contributed by atoms with Crippen LogP contribution in [-0.2, 0) is 4.79 Å². The van der Waals surface area contributed by atoms with Crippen molar-refractivity contribution in [1.29, 1.82) is 5.26 Å². The zero-order valence-electron chi connectivity index (χ0n) is 9.07. The lowest BCUT2D eigenvalue weighted by Crippen LogP contribution is -2.27. The Kier molecular flexibility index (Phi) is 3.64. The summed E-state index contributed by atoms with van der Waals surface area (Å²) in [4.78, 5) is 11.8. The molecule has 0 aromatic heterocycles. The highest BCUT2D eigenvalue weighted by Gasteiger charge is 2.23. The Morgan fingerprint density at radius 2 is 2.35 bits per heavy atom.